The van der Waals surface area contributed by atoms with Crippen molar-refractivity contribution in [3.8, 4) is 0 Å². The Morgan fingerprint density at radius 3 is 2.21 bits per heavy atom. The van der Waals surface area contributed by atoms with Crippen molar-refractivity contribution >= 4 is 5.91 Å². The van der Waals surface area contributed by atoms with E-state index in [0.29, 0.717) is 6.54 Å². The summed E-state index contributed by atoms with van der Waals surface area (Å²) in [5.74, 6) is -0.118. The Hall–Kier alpha value is -1.39. The van der Waals surface area contributed by atoms with Gasteiger partial charge in [-0.1, -0.05) is 38.1 Å². The van der Waals surface area contributed by atoms with E-state index < -0.39 is 6.04 Å². The molecular formula is C15H25N3O. The molecule has 0 aliphatic rings. The summed E-state index contributed by atoms with van der Waals surface area (Å²) in [4.78, 5) is 13.7. The molecule has 1 amide bonds. The van der Waals surface area contributed by atoms with Crippen LogP contribution in [0.3, 0.4) is 0 Å². The predicted octanol–water partition coefficient (Wildman–Crippen LogP) is 1.49. The van der Waals surface area contributed by atoms with Crippen LogP contribution in [0.4, 0.5) is 0 Å². The van der Waals surface area contributed by atoms with Crippen molar-refractivity contribution in [2.24, 2.45) is 5.73 Å². The molecule has 0 spiro atoms. The Bertz CT molecular complexity index is 383. The van der Waals surface area contributed by atoms with Crippen molar-refractivity contribution in [3.05, 3.63) is 35.4 Å². The van der Waals surface area contributed by atoms with Crippen molar-refractivity contribution in [2.75, 3.05) is 13.1 Å². The molecule has 1 aromatic rings. The molecule has 0 aliphatic heterocycles. The van der Waals surface area contributed by atoms with Crippen LogP contribution < -0.4 is 11.1 Å². The first-order valence-corrected chi connectivity index (χ1v) is 6.90. The fourth-order valence-electron chi connectivity index (χ4n) is 1.82. The summed E-state index contributed by atoms with van der Waals surface area (Å²) in [7, 11) is 0. The molecule has 0 fully saturated rings. The number of benzene rings is 1. The molecule has 0 saturated carbocycles. The maximum atomic E-state index is 11.4. The highest BCUT2D eigenvalue weighted by atomic mass is 16.2. The number of nitrogens with zero attached hydrogens (tertiary/aromatic N) is 1. The highest BCUT2D eigenvalue weighted by Gasteiger charge is 2.06. The third-order valence-electron chi connectivity index (χ3n) is 3.20. The highest BCUT2D eigenvalue weighted by Crippen LogP contribution is 2.07. The zero-order valence-corrected chi connectivity index (χ0v) is 12.1. The lowest BCUT2D eigenvalue weighted by atomic mass is 10.1. The summed E-state index contributed by atoms with van der Waals surface area (Å²) >= 11 is 0. The second kappa shape index (κ2) is 7.92. The molecule has 0 aliphatic carbocycles. The van der Waals surface area contributed by atoms with Crippen LogP contribution in [-0.4, -0.2) is 29.9 Å². The van der Waals surface area contributed by atoms with Gasteiger partial charge in [-0.15, -0.1) is 0 Å². The molecule has 0 heterocycles. The average molecular weight is 263 g/mol. The van der Waals surface area contributed by atoms with E-state index >= 15 is 0 Å². The monoisotopic (exact) mass is 263 g/mol. The smallest absolute Gasteiger partial charge is 0.236 e. The maximum absolute atomic E-state index is 11.4. The summed E-state index contributed by atoms with van der Waals surface area (Å²) < 4.78 is 0. The van der Waals surface area contributed by atoms with Crippen molar-refractivity contribution in [1.29, 1.82) is 0 Å². The molecule has 4 nitrogen and oxygen atoms in total. The molecule has 0 aromatic heterocycles. The van der Waals surface area contributed by atoms with Gasteiger partial charge in [0.2, 0.25) is 5.91 Å². The SMILES string of the molecule is CCN(CC)Cc1ccc(CNC(=O)C(C)N)cc1. The Balaban J connectivity index is 2.49. The van der Waals surface area contributed by atoms with Gasteiger partial charge in [0.05, 0.1) is 6.04 Å². The van der Waals surface area contributed by atoms with Gasteiger partial charge in [0.1, 0.15) is 0 Å². The lowest BCUT2D eigenvalue weighted by Crippen LogP contribution is -2.37. The fraction of sp³-hybridized carbons (Fsp3) is 0.533. The first-order chi connectivity index (χ1) is 9.06. The number of nitrogens with two attached hydrogens (primary N) is 1. The first-order valence-electron chi connectivity index (χ1n) is 6.90. The average Bonchev–Trinajstić information content (AvgIpc) is 2.43. The molecule has 0 saturated heterocycles. The summed E-state index contributed by atoms with van der Waals surface area (Å²) in [6.07, 6.45) is 0. The van der Waals surface area contributed by atoms with Crippen LogP contribution >= 0.6 is 0 Å². The second-order valence-electron chi connectivity index (χ2n) is 4.78. The van der Waals surface area contributed by atoms with Crippen LogP contribution in [0.25, 0.3) is 0 Å². The topological polar surface area (TPSA) is 58.4 Å². The summed E-state index contributed by atoms with van der Waals surface area (Å²) in [6.45, 7) is 9.64. The molecule has 4 heteroatoms. The van der Waals surface area contributed by atoms with Gasteiger partial charge in [-0.3, -0.25) is 9.69 Å². The molecule has 106 valence electrons. The van der Waals surface area contributed by atoms with Gasteiger partial charge in [-0.05, 0) is 31.1 Å². The van der Waals surface area contributed by atoms with Crippen LogP contribution in [0.2, 0.25) is 0 Å². The fourth-order valence-corrected chi connectivity index (χ4v) is 1.82. The second-order valence-corrected chi connectivity index (χ2v) is 4.78. The minimum absolute atomic E-state index is 0.118. The molecule has 3 N–H and O–H groups in total. The Labute approximate surface area is 116 Å². The van der Waals surface area contributed by atoms with Crippen LogP contribution in [0.1, 0.15) is 31.9 Å². The van der Waals surface area contributed by atoms with Crippen molar-refractivity contribution < 1.29 is 4.79 Å². The van der Waals surface area contributed by atoms with Crippen LogP contribution in [-0.2, 0) is 17.9 Å². The predicted molar refractivity (Wildman–Crippen MR) is 78.6 cm³/mol. The van der Waals surface area contributed by atoms with Gasteiger partial charge in [0.15, 0.2) is 0 Å². The van der Waals surface area contributed by atoms with E-state index in [9.17, 15) is 4.79 Å². The number of hydrogen-bond donors (Lipinski definition) is 2. The van der Waals surface area contributed by atoms with E-state index in [4.69, 9.17) is 5.73 Å². The Morgan fingerprint density at radius 1 is 1.21 bits per heavy atom. The quantitative estimate of drug-likeness (QED) is 0.783. The summed E-state index contributed by atoms with van der Waals surface area (Å²) in [5.41, 5.74) is 7.88. The van der Waals surface area contributed by atoms with Gasteiger partial charge in [-0.2, -0.15) is 0 Å². The summed E-state index contributed by atoms with van der Waals surface area (Å²) in [5, 5.41) is 2.81. The minimum Gasteiger partial charge on any atom is -0.351 e. The first kappa shape index (κ1) is 15.7. The minimum atomic E-state index is -0.457. The van der Waals surface area contributed by atoms with E-state index in [1.165, 1.54) is 5.56 Å². The van der Waals surface area contributed by atoms with Crippen molar-refractivity contribution in [2.45, 2.75) is 39.9 Å². The lowest BCUT2D eigenvalue weighted by molar-refractivity contribution is -0.122. The molecular weight excluding hydrogens is 238 g/mol. The molecule has 1 aromatic carbocycles. The Morgan fingerprint density at radius 2 is 1.74 bits per heavy atom. The number of amides is 1. The molecule has 1 atom stereocenters. The number of nitrogens with one attached hydrogen (secondary N) is 1. The molecule has 0 radical (unpaired) electrons. The van der Waals surface area contributed by atoms with Crippen LogP contribution in [0.15, 0.2) is 24.3 Å². The van der Waals surface area contributed by atoms with Crippen LogP contribution in [0.5, 0.6) is 0 Å². The Kier molecular flexibility index (Phi) is 6.53. The van der Waals surface area contributed by atoms with Crippen LogP contribution in [0, 0.1) is 0 Å². The van der Waals surface area contributed by atoms with E-state index in [1.807, 2.05) is 0 Å². The van der Waals surface area contributed by atoms with Gasteiger partial charge in [0.25, 0.3) is 0 Å². The summed E-state index contributed by atoms with van der Waals surface area (Å²) in [6, 6.07) is 7.89. The van der Waals surface area contributed by atoms with E-state index in [-0.39, 0.29) is 5.91 Å². The maximum Gasteiger partial charge on any atom is 0.236 e. The lowest BCUT2D eigenvalue weighted by Gasteiger charge is -2.18. The largest absolute Gasteiger partial charge is 0.351 e. The standard InChI is InChI=1S/C15H25N3O/c1-4-18(5-2)11-14-8-6-13(7-9-14)10-17-15(19)12(3)16/h6-9,12H,4-5,10-11,16H2,1-3H3,(H,17,19). The zero-order chi connectivity index (χ0) is 14.3. The highest BCUT2D eigenvalue weighted by molar-refractivity contribution is 5.80. The van der Waals surface area contributed by atoms with E-state index in [1.54, 1.807) is 6.92 Å². The van der Waals surface area contributed by atoms with E-state index in [0.717, 1.165) is 25.2 Å². The van der Waals surface area contributed by atoms with Gasteiger partial charge < -0.3 is 11.1 Å². The van der Waals surface area contributed by atoms with Crippen molar-refractivity contribution in [1.82, 2.24) is 10.2 Å². The number of rotatable bonds is 7. The third kappa shape index (κ3) is 5.41. The zero-order valence-electron chi connectivity index (χ0n) is 12.1. The molecule has 1 unspecified atom stereocenters. The van der Waals surface area contributed by atoms with Crippen molar-refractivity contribution in [3.63, 3.8) is 0 Å². The number of hydrogen-bond acceptors (Lipinski definition) is 3. The molecule has 0 bridgehead atoms. The van der Waals surface area contributed by atoms with E-state index in [2.05, 4.69) is 48.3 Å². The molecule has 1 rings (SSSR count). The normalized spacial score (nSPS) is 12.5. The third-order valence-corrected chi connectivity index (χ3v) is 3.20. The van der Waals surface area contributed by atoms with Gasteiger partial charge in [0, 0.05) is 13.1 Å². The number of carbonyl (C=O) groups is 1. The molecule has 19 heavy (non-hydrogen) atoms. The number of carbonyl (C=O) groups excluding carboxylic acids is 1. The van der Waals surface area contributed by atoms with Gasteiger partial charge in [-0.25, -0.2) is 0 Å². The van der Waals surface area contributed by atoms with Gasteiger partial charge >= 0.3 is 0 Å².